The summed E-state index contributed by atoms with van der Waals surface area (Å²) in [6.45, 7) is 1.83. The van der Waals surface area contributed by atoms with Crippen LogP contribution in [0.2, 0.25) is 0 Å². The van der Waals surface area contributed by atoms with Crippen molar-refractivity contribution in [3.8, 4) is 5.75 Å². The van der Waals surface area contributed by atoms with E-state index in [1.165, 1.54) is 12.5 Å². The van der Waals surface area contributed by atoms with E-state index in [2.05, 4.69) is 15.0 Å². The Morgan fingerprint density at radius 1 is 1.45 bits per heavy atom. The maximum Gasteiger partial charge on any atom is 0.144 e. The van der Waals surface area contributed by atoms with Crippen LogP contribution in [-0.4, -0.2) is 20.1 Å². The average molecular weight is 149 g/mol. The van der Waals surface area contributed by atoms with Crippen LogP contribution in [0.3, 0.4) is 0 Å². The number of rotatable bonds is 0. The highest BCUT2D eigenvalue weighted by Crippen LogP contribution is 2.23. The molecule has 0 saturated carbocycles. The Bertz CT molecular complexity index is 393. The summed E-state index contributed by atoms with van der Waals surface area (Å²) < 4.78 is 0. The van der Waals surface area contributed by atoms with E-state index in [0.717, 1.165) is 5.69 Å². The van der Waals surface area contributed by atoms with Crippen molar-refractivity contribution in [3.05, 3.63) is 18.2 Å². The number of aryl methyl sites for hydroxylation is 1. The molecule has 11 heavy (non-hydrogen) atoms. The molecular formula is C7H7N3O. The van der Waals surface area contributed by atoms with Crippen LogP contribution >= 0.6 is 0 Å². The van der Waals surface area contributed by atoms with Gasteiger partial charge in [-0.05, 0) is 6.92 Å². The summed E-state index contributed by atoms with van der Waals surface area (Å²) in [7, 11) is 0. The molecule has 56 valence electrons. The fourth-order valence-electron chi connectivity index (χ4n) is 1.10. The van der Waals surface area contributed by atoms with Crippen molar-refractivity contribution in [2.75, 3.05) is 0 Å². The van der Waals surface area contributed by atoms with E-state index in [1.54, 1.807) is 0 Å². The van der Waals surface area contributed by atoms with Crippen LogP contribution in [0.15, 0.2) is 12.5 Å². The van der Waals surface area contributed by atoms with Gasteiger partial charge in [-0.15, -0.1) is 0 Å². The number of aromatic hydroxyl groups is 1. The van der Waals surface area contributed by atoms with Crippen molar-refractivity contribution in [1.82, 2.24) is 15.0 Å². The lowest BCUT2D eigenvalue weighted by Crippen LogP contribution is -1.83. The first kappa shape index (κ1) is 6.15. The van der Waals surface area contributed by atoms with Gasteiger partial charge in [0.05, 0.1) is 11.1 Å². The molecule has 2 aromatic rings. The van der Waals surface area contributed by atoms with Gasteiger partial charge in [0.2, 0.25) is 0 Å². The summed E-state index contributed by atoms with van der Waals surface area (Å²) in [4.78, 5) is 10.7. The monoisotopic (exact) mass is 149 g/mol. The molecule has 0 amide bonds. The summed E-state index contributed by atoms with van der Waals surface area (Å²) in [5.41, 5.74) is 1.46. The number of aromatic nitrogens is 3. The lowest BCUT2D eigenvalue weighted by atomic mass is 10.3. The van der Waals surface area contributed by atoms with E-state index >= 15 is 0 Å². The van der Waals surface area contributed by atoms with Gasteiger partial charge in [-0.25, -0.2) is 9.97 Å². The zero-order valence-corrected chi connectivity index (χ0v) is 6.00. The van der Waals surface area contributed by atoms with E-state index in [9.17, 15) is 5.11 Å². The Kier molecular flexibility index (Phi) is 1.09. The zero-order valence-electron chi connectivity index (χ0n) is 6.00. The number of H-pyrrole nitrogens is 1. The van der Waals surface area contributed by atoms with Gasteiger partial charge >= 0.3 is 0 Å². The first-order valence-electron chi connectivity index (χ1n) is 3.26. The van der Waals surface area contributed by atoms with Crippen LogP contribution in [0.4, 0.5) is 0 Å². The average Bonchev–Trinajstić information content (AvgIpc) is 2.34. The number of nitrogens with zero attached hydrogens (tertiary/aromatic N) is 2. The van der Waals surface area contributed by atoms with E-state index < -0.39 is 0 Å². The highest BCUT2D eigenvalue weighted by Gasteiger charge is 2.05. The van der Waals surface area contributed by atoms with Gasteiger partial charge < -0.3 is 10.1 Å². The highest BCUT2D eigenvalue weighted by molar-refractivity contribution is 5.84. The third-order valence-corrected chi connectivity index (χ3v) is 1.64. The molecule has 4 nitrogen and oxygen atoms in total. The van der Waals surface area contributed by atoms with E-state index in [0.29, 0.717) is 11.0 Å². The van der Waals surface area contributed by atoms with Crippen LogP contribution in [0.1, 0.15) is 5.69 Å². The molecule has 0 aliphatic heterocycles. The molecule has 0 bridgehead atoms. The lowest BCUT2D eigenvalue weighted by molar-refractivity contribution is 0.481. The van der Waals surface area contributed by atoms with E-state index in [1.807, 2.05) is 6.92 Å². The predicted molar refractivity (Wildman–Crippen MR) is 40.3 cm³/mol. The molecular weight excluding hydrogens is 142 g/mol. The van der Waals surface area contributed by atoms with Crippen molar-refractivity contribution in [2.45, 2.75) is 6.92 Å². The van der Waals surface area contributed by atoms with Crippen LogP contribution in [0.5, 0.6) is 5.75 Å². The molecule has 4 heteroatoms. The van der Waals surface area contributed by atoms with Gasteiger partial charge in [0.15, 0.2) is 0 Å². The molecule has 0 spiro atoms. The minimum absolute atomic E-state index is 0.207. The summed E-state index contributed by atoms with van der Waals surface area (Å²) >= 11 is 0. The van der Waals surface area contributed by atoms with Crippen molar-refractivity contribution >= 4 is 11.0 Å². The number of fused-ring (bicyclic) bond motifs is 1. The summed E-state index contributed by atoms with van der Waals surface area (Å²) in [5.74, 6) is 0.207. The van der Waals surface area contributed by atoms with Gasteiger partial charge in [-0.1, -0.05) is 0 Å². The molecule has 0 radical (unpaired) electrons. The fourth-order valence-corrected chi connectivity index (χ4v) is 1.10. The van der Waals surface area contributed by atoms with Crippen LogP contribution in [0, 0.1) is 6.92 Å². The van der Waals surface area contributed by atoms with Crippen molar-refractivity contribution in [3.63, 3.8) is 0 Å². The smallest absolute Gasteiger partial charge is 0.144 e. The van der Waals surface area contributed by atoms with Crippen molar-refractivity contribution in [1.29, 1.82) is 0 Å². The minimum Gasteiger partial charge on any atom is -0.506 e. The molecule has 0 unspecified atom stereocenters. The molecule has 0 saturated heterocycles. The fraction of sp³-hybridized carbons (Fsp3) is 0.143. The van der Waals surface area contributed by atoms with Gasteiger partial charge in [0.25, 0.3) is 0 Å². The number of nitrogens with one attached hydrogen (secondary N) is 1. The quantitative estimate of drug-likeness (QED) is 0.586. The predicted octanol–water partition coefficient (Wildman–Crippen LogP) is 0.972. The van der Waals surface area contributed by atoms with Crippen LogP contribution in [0.25, 0.3) is 11.0 Å². The SMILES string of the molecule is Cc1ncnc2[nH]cc(O)c12. The minimum atomic E-state index is 0.207. The Balaban J connectivity index is 2.96. The standard InChI is InChI=1S/C7H7N3O/c1-4-6-5(11)2-8-7(6)10-3-9-4/h2-3,11H,1H3,(H,8,9,10). The van der Waals surface area contributed by atoms with E-state index in [-0.39, 0.29) is 5.75 Å². The number of hydrogen-bond acceptors (Lipinski definition) is 3. The normalized spacial score (nSPS) is 10.6. The molecule has 2 rings (SSSR count). The Labute approximate surface area is 62.9 Å². The number of aromatic amines is 1. The van der Waals surface area contributed by atoms with Crippen LogP contribution < -0.4 is 0 Å². The van der Waals surface area contributed by atoms with Crippen LogP contribution in [-0.2, 0) is 0 Å². The van der Waals surface area contributed by atoms with Crippen molar-refractivity contribution in [2.24, 2.45) is 0 Å². The Morgan fingerprint density at radius 3 is 3.00 bits per heavy atom. The summed E-state index contributed by atoms with van der Waals surface area (Å²) in [5, 5.41) is 9.98. The first-order valence-corrected chi connectivity index (χ1v) is 3.26. The maximum atomic E-state index is 9.28. The third kappa shape index (κ3) is 0.756. The third-order valence-electron chi connectivity index (χ3n) is 1.64. The second-order valence-corrected chi connectivity index (χ2v) is 2.36. The van der Waals surface area contributed by atoms with E-state index in [4.69, 9.17) is 0 Å². The molecule has 2 heterocycles. The van der Waals surface area contributed by atoms with Gasteiger partial charge in [-0.3, -0.25) is 0 Å². The molecule has 0 aliphatic rings. The Morgan fingerprint density at radius 2 is 2.27 bits per heavy atom. The lowest BCUT2D eigenvalue weighted by Gasteiger charge is -1.92. The first-order chi connectivity index (χ1) is 5.29. The summed E-state index contributed by atoms with van der Waals surface area (Å²) in [6, 6.07) is 0. The molecule has 2 N–H and O–H groups in total. The van der Waals surface area contributed by atoms with Gasteiger partial charge in [0.1, 0.15) is 17.7 Å². The molecule has 0 aliphatic carbocycles. The molecule has 0 atom stereocenters. The molecule has 2 aromatic heterocycles. The summed E-state index contributed by atoms with van der Waals surface area (Å²) in [6.07, 6.45) is 2.97. The van der Waals surface area contributed by atoms with Gasteiger partial charge in [-0.2, -0.15) is 0 Å². The second kappa shape index (κ2) is 1.95. The zero-order chi connectivity index (χ0) is 7.84. The van der Waals surface area contributed by atoms with Gasteiger partial charge in [0, 0.05) is 6.20 Å². The topological polar surface area (TPSA) is 61.8 Å². The molecule has 0 fully saturated rings. The van der Waals surface area contributed by atoms with Crippen molar-refractivity contribution < 1.29 is 5.11 Å². The maximum absolute atomic E-state index is 9.28. The Hall–Kier alpha value is -1.58. The molecule has 0 aromatic carbocycles. The second-order valence-electron chi connectivity index (χ2n) is 2.36. The largest absolute Gasteiger partial charge is 0.506 e. The highest BCUT2D eigenvalue weighted by atomic mass is 16.3. The number of hydrogen-bond donors (Lipinski definition) is 2.